The summed E-state index contributed by atoms with van der Waals surface area (Å²) in [6, 6.07) is 18.4. The van der Waals surface area contributed by atoms with Gasteiger partial charge in [-0.1, -0.05) is 46.3 Å². The molecule has 0 unspecified atom stereocenters. The van der Waals surface area contributed by atoms with Crippen LogP contribution in [0.3, 0.4) is 0 Å². The van der Waals surface area contributed by atoms with Gasteiger partial charge in [0.25, 0.3) is 0 Å². The normalized spacial score (nSPS) is 15.6. The van der Waals surface area contributed by atoms with Crippen LogP contribution in [0.25, 0.3) is 5.69 Å². The van der Waals surface area contributed by atoms with Crippen LogP contribution in [0.15, 0.2) is 59.1 Å². The van der Waals surface area contributed by atoms with Gasteiger partial charge in [-0.3, -0.25) is 4.79 Å². The van der Waals surface area contributed by atoms with E-state index in [2.05, 4.69) is 44.5 Å². The maximum absolute atomic E-state index is 13.0. The van der Waals surface area contributed by atoms with Crippen molar-refractivity contribution in [2.45, 2.75) is 38.5 Å². The minimum atomic E-state index is -0.101. The molecule has 31 heavy (non-hydrogen) atoms. The Bertz CT molecular complexity index is 1060. The van der Waals surface area contributed by atoms with Crippen molar-refractivity contribution >= 4 is 21.8 Å². The van der Waals surface area contributed by atoms with E-state index < -0.39 is 0 Å². The van der Waals surface area contributed by atoms with Gasteiger partial charge in [-0.25, -0.2) is 4.68 Å². The van der Waals surface area contributed by atoms with Gasteiger partial charge in [0.2, 0.25) is 5.91 Å². The van der Waals surface area contributed by atoms with Gasteiger partial charge in [-0.2, -0.15) is 5.10 Å². The van der Waals surface area contributed by atoms with Gasteiger partial charge < -0.3 is 10.1 Å². The van der Waals surface area contributed by atoms with Crippen molar-refractivity contribution in [3.63, 3.8) is 0 Å². The third kappa shape index (κ3) is 4.75. The molecule has 0 bridgehead atoms. The van der Waals surface area contributed by atoms with Crippen molar-refractivity contribution in [3.05, 3.63) is 81.6 Å². The van der Waals surface area contributed by atoms with Crippen molar-refractivity contribution in [2.24, 2.45) is 0 Å². The zero-order chi connectivity index (χ0) is 21.8. The topological polar surface area (TPSA) is 56.2 Å². The number of halogens is 1. The SMILES string of the molecule is Cc1nn(-c2ccccc2)c(C)c1CC(=O)NCC1(c2cccc(Br)c2)CCOCC1. The Hall–Kier alpha value is -2.44. The average molecular weight is 482 g/mol. The molecule has 0 saturated carbocycles. The van der Waals surface area contributed by atoms with E-state index in [1.807, 2.05) is 54.9 Å². The number of carbonyl (C=O) groups excluding carboxylic acids is 1. The highest BCUT2D eigenvalue weighted by Gasteiger charge is 2.35. The Balaban J connectivity index is 1.49. The van der Waals surface area contributed by atoms with Crippen LogP contribution < -0.4 is 5.32 Å². The molecule has 162 valence electrons. The Kier molecular flexibility index (Phi) is 6.58. The number of hydrogen-bond donors (Lipinski definition) is 1. The van der Waals surface area contributed by atoms with E-state index in [1.54, 1.807) is 0 Å². The summed E-state index contributed by atoms with van der Waals surface area (Å²) in [6.07, 6.45) is 2.12. The molecule has 5 nitrogen and oxygen atoms in total. The highest BCUT2D eigenvalue weighted by molar-refractivity contribution is 9.10. The quantitative estimate of drug-likeness (QED) is 0.556. The number of aromatic nitrogens is 2. The van der Waals surface area contributed by atoms with Crippen LogP contribution in [0.2, 0.25) is 0 Å². The second-order valence-corrected chi connectivity index (χ2v) is 9.17. The third-order valence-corrected chi connectivity index (χ3v) is 6.78. The lowest BCUT2D eigenvalue weighted by atomic mass is 9.74. The maximum Gasteiger partial charge on any atom is 0.224 e. The first-order valence-corrected chi connectivity index (χ1v) is 11.5. The predicted octanol–water partition coefficient (Wildman–Crippen LogP) is 4.66. The molecule has 3 aromatic rings. The van der Waals surface area contributed by atoms with Crippen molar-refractivity contribution in [2.75, 3.05) is 19.8 Å². The molecule has 1 aromatic heterocycles. The molecule has 1 aliphatic heterocycles. The molecule has 1 aliphatic rings. The monoisotopic (exact) mass is 481 g/mol. The van der Waals surface area contributed by atoms with Crippen LogP contribution in [0.5, 0.6) is 0 Å². The van der Waals surface area contributed by atoms with Crippen LogP contribution in [-0.2, 0) is 21.4 Å². The highest BCUT2D eigenvalue weighted by Crippen LogP contribution is 2.35. The van der Waals surface area contributed by atoms with Gasteiger partial charge in [0, 0.05) is 40.9 Å². The molecule has 0 aliphatic carbocycles. The largest absolute Gasteiger partial charge is 0.381 e. The fourth-order valence-electron chi connectivity index (χ4n) is 4.39. The lowest BCUT2D eigenvalue weighted by Gasteiger charge is -2.38. The number of nitrogens with one attached hydrogen (secondary N) is 1. The minimum Gasteiger partial charge on any atom is -0.381 e. The fourth-order valence-corrected chi connectivity index (χ4v) is 4.79. The molecule has 1 saturated heterocycles. The fraction of sp³-hybridized carbons (Fsp3) is 0.360. The number of aryl methyl sites for hydroxylation is 1. The molecule has 4 rings (SSSR count). The van der Waals surface area contributed by atoms with E-state index in [4.69, 9.17) is 4.74 Å². The summed E-state index contributed by atoms with van der Waals surface area (Å²) in [4.78, 5) is 13.0. The first-order chi connectivity index (χ1) is 15.0. The van der Waals surface area contributed by atoms with E-state index in [-0.39, 0.29) is 11.3 Å². The summed E-state index contributed by atoms with van der Waals surface area (Å²) in [5.41, 5.74) is 5.04. The molecule has 0 atom stereocenters. The average Bonchev–Trinajstić information content (AvgIpc) is 3.07. The Morgan fingerprint density at radius 3 is 2.58 bits per heavy atom. The van der Waals surface area contributed by atoms with Gasteiger partial charge in [-0.05, 0) is 56.5 Å². The summed E-state index contributed by atoms with van der Waals surface area (Å²) >= 11 is 3.59. The number of hydrogen-bond acceptors (Lipinski definition) is 3. The Morgan fingerprint density at radius 1 is 1.13 bits per heavy atom. The van der Waals surface area contributed by atoms with Crippen molar-refractivity contribution in [1.82, 2.24) is 15.1 Å². The molecule has 0 radical (unpaired) electrons. The number of benzene rings is 2. The first kappa shape index (κ1) is 21.8. The summed E-state index contributed by atoms with van der Waals surface area (Å²) < 4.78 is 8.59. The third-order valence-electron chi connectivity index (χ3n) is 6.29. The van der Waals surface area contributed by atoms with E-state index >= 15 is 0 Å². The van der Waals surface area contributed by atoms with Gasteiger partial charge in [0.1, 0.15) is 0 Å². The lowest BCUT2D eigenvalue weighted by Crippen LogP contribution is -2.45. The molecule has 2 heterocycles. The van der Waals surface area contributed by atoms with E-state index in [1.165, 1.54) is 5.56 Å². The number of para-hydroxylation sites is 1. The number of carbonyl (C=O) groups is 1. The number of rotatable bonds is 6. The van der Waals surface area contributed by atoms with Crippen molar-refractivity contribution < 1.29 is 9.53 Å². The molecular weight excluding hydrogens is 454 g/mol. The smallest absolute Gasteiger partial charge is 0.224 e. The molecule has 1 amide bonds. The van der Waals surface area contributed by atoms with E-state index in [0.717, 1.165) is 40.0 Å². The van der Waals surface area contributed by atoms with Crippen LogP contribution in [0.4, 0.5) is 0 Å². The maximum atomic E-state index is 13.0. The zero-order valence-electron chi connectivity index (χ0n) is 18.0. The second kappa shape index (κ2) is 9.37. The van der Waals surface area contributed by atoms with E-state index in [0.29, 0.717) is 26.2 Å². The van der Waals surface area contributed by atoms with Gasteiger partial charge in [-0.15, -0.1) is 0 Å². The molecule has 6 heteroatoms. The highest BCUT2D eigenvalue weighted by atomic mass is 79.9. The Morgan fingerprint density at radius 2 is 1.87 bits per heavy atom. The summed E-state index contributed by atoms with van der Waals surface area (Å²) in [6.45, 7) is 6.03. The standard InChI is InChI=1S/C25H28BrN3O2/c1-18-23(19(2)29(28-18)22-9-4-3-5-10-22)16-24(30)27-17-25(11-13-31-14-12-25)20-7-6-8-21(26)15-20/h3-10,15H,11-14,16-17H2,1-2H3,(H,27,30). The van der Waals surface area contributed by atoms with Crippen molar-refractivity contribution in [3.8, 4) is 5.69 Å². The van der Waals surface area contributed by atoms with Gasteiger partial charge >= 0.3 is 0 Å². The summed E-state index contributed by atoms with van der Waals surface area (Å²) in [7, 11) is 0. The molecule has 1 fully saturated rings. The molecule has 0 spiro atoms. The molecular formula is C25H28BrN3O2. The minimum absolute atomic E-state index is 0.0275. The number of ether oxygens (including phenoxy) is 1. The first-order valence-electron chi connectivity index (χ1n) is 10.7. The van der Waals surface area contributed by atoms with Crippen molar-refractivity contribution in [1.29, 1.82) is 0 Å². The van der Waals surface area contributed by atoms with Crippen LogP contribution in [-0.4, -0.2) is 35.4 Å². The number of amides is 1. The Labute approximate surface area is 191 Å². The summed E-state index contributed by atoms with van der Waals surface area (Å²) in [5.74, 6) is 0.0275. The van der Waals surface area contributed by atoms with E-state index in [9.17, 15) is 4.79 Å². The second-order valence-electron chi connectivity index (χ2n) is 8.25. The molecule has 2 aromatic carbocycles. The zero-order valence-corrected chi connectivity index (χ0v) is 19.6. The number of nitrogens with zero attached hydrogens (tertiary/aromatic N) is 2. The lowest BCUT2D eigenvalue weighted by molar-refractivity contribution is -0.121. The van der Waals surface area contributed by atoms with Crippen LogP contribution in [0, 0.1) is 13.8 Å². The molecule has 1 N–H and O–H groups in total. The predicted molar refractivity (Wildman–Crippen MR) is 126 cm³/mol. The van der Waals surface area contributed by atoms with Gasteiger partial charge in [0.05, 0.1) is 17.8 Å². The van der Waals surface area contributed by atoms with Crippen LogP contribution >= 0.6 is 15.9 Å². The summed E-state index contributed by atoms with van der Waals surface area (Å²) in [5, 5.41) is 7.89. The van der Waals surface area contributed by atoms with Crippen LogP contribution in [0.1, 0.15) is 35.4 Å². The van der Waals surface area contributed by atoms with Gasteiger partial charge in [0.15, 0.2) is 0 Å².